The standard InChI is InChI=1S/C31H27ClN2O4/c1-3-37-28-17-22(16-27-30(35)34(31(36)33-27)18-21-9-6-8-20(2)14-21)15-26(32)29(28)38-19-24-12-7-11-23-10-4-5-13-25(23)24/h4-17H,3,18-19H2,1-2H3,(H,33,36)/b27-16+. The van der Waals surface area contributed by atoms with Crippen molar-refractivity contribution < 1.29 is 19.1 Å². The number of amides is 3. The van der Waals surface area contributed by atoms with E-state index in [-0.39, 0.29) is 12.2 Å². The molecule has 1 saturated heterocycles. The monoisotopic (exact) mass is 526 g/mol. The number of nitrogens with zero attached hydrogens (tertiary/aromatic N) is 1. The summed E-state index contributed by atoms with van der Waals surface area (Å²) in [7, 11) is 0. The molecule has 3 amide bonds. The van der Waals surface area contributed by atoms with Crippen molar-refractivity contribution in [1.29, 1.82) is 0 Å². The van der Waals surface area contributed by atoms with E-state index in [1.165, 1.54) is 4.90 Å². The van der Waals surface area contributed by atoms with Crippen LogP contribution in [0, 0.1) is 6.92 Å². The zero-order chi connectivity index (χ0) is 26.6. The summed E-state index contributed by atoms with van der Waals surface area (Å²) in [6, 6.07) is 24.9. The van der Waals surface area contributed by atoms with Gasteiger partial charge in [-0.15, -0.1) is 0 Å². The topological polar surface area (TPSA) is 67.9 Å². The SMILES string of the molecule is CCOc1cc(/C=C2/NC(=O)N(Cc3cccc(C)c3)C2=O)cc(Cl)c1OCc1cccc2ccccc12. The highest BCUT2D eigenvalue weighted by Gasteiger charge is 2.33. The Bertz CT molecular complexity index is 1560. The smallest absolute Gasteiger partial charge is 0.329 e. The number of carbonyl (C=O) groups is 2. The van der Waals surface area contributed by atoms with Crippen molar-refractivity contribution in [3.05, 3.63) is 112 Å². The highest BCUT2D eigenvalue weighted by atomic mass is 35.5. The largest absolute Gasteiger partial charge is 0.490 e. The van der Waals surface area contributed by atoms with Crippen molar-refractivity contribution in [3.8, 4) is 11.5 Å². The second kappa shape index (κ2) is 11.0. The number of halogens is 1. The minimum Gasteiger partial charge on any atom is -0.490 e. The average molecular weight is 527 g/mol. The van der Waals surface area contributed by atoms with Crippen molar-refractivity contribution in [2.45, 2.75) is 27.0 Å². The van der Waals surface area contributed by atoms with Crippen molar-refractivity contribution in [1.82, 2.24) is 10.2 Å². The van der Waals surface area contributed by atoms with Gasteiger partial charge in [-0.25, -0.2) is 4.79 Å². The molecule has 6 nitrogen and oxygen atoms in total. The quantitative estimate of drug-likeness (QED) is 0.201. The van der Waals surface area contributed by atoms with Crippen LogP contribution in [0.3, 0.4) is 0 Å². The van der Waals surface area contributed by atoms with Gasteiger partial charge in [-0.1, -0.05) is 83.9 Å². The van der Waals surface area contributed by atoms with Crippen LogP contribution in [0.4, 0.5) is 4.79 Å². The first-order chi connectivity index (χ1) is 18.4. The number of benzene rings is 4. The first-order valence-corrected chi connectivity index (χ1v) is 12.8. The van der Waals surface area contributed by atoms with Gasteiger partial charge in [-0.2, -0.15) is 0 Å². The first kappa shape index (κ1) is 25.4. The molecule has 1 aliphatic rings. The van der Waals surface area contributed by atoms with Crippen LogP contribution in [-0.2, 0) is 17.9 Å². The van der Waals surface area contributed by atoms with Gasteiger partial charge < -0.3 is 14.8 Å². The first-order valence-electron chi connectivity index (χ1n) is 12.4. The van der Waals surface area contributed by atoms with Crippen molar-refractivity contribution in [3.63, 3.8) is 0 Å². The molecule has 7 heteroatoms. The summed E-state index contributed by atoms with van der Waals surface area (Å²) in [5.41, 5.74) is 3.75. The van der Waals surface area contributed by atoms with Gasteiger partial charge >= 0.3 is 6.03 Å². The van der Waals surface area contributed by atoms with Crippen molar-refractivity contribution in [2.75, 3.05) is 6.61 Å². The van der Waals surface area contributed by atoms with Crippen LogP contribution in [0.25, 0.3) is 16.8 Å². The summed E-state index contributed by atoms with van der Waals surface area (Å²) in [6.07, 6.45) is 1.60. The molecule has 38 heavy (non-hydrogen) atoms. The fourth-order valence-electron chi connectivity index (χ4n) is 4.52. The van der Waals surface area contributed by atoms with Gasteiger partial charge in [0.15, 0.2) is 11.5 Å². The number of nitrogens with one attached hydrogen (secondary N) is 1. The van der Waals surface area contributed by atoms with Crippen molar-refractivity contribution in [2.24, 2.45) is 0 Å². The lowest BCUT2D eigenvalue weighted by Gasteiger charge is -2.15. The Morgan fingerprint density at radius 3 is 2.55 bits per heavy atom. The van der Waals surface area contributed by atoms with Crippen LogP contribution in [0.1, 0.15) is 29.2 Å². The van der Waals surface area contributed by atoms with E-state index in [9.17, 15) is 9.59 Å². The number of fused-ring (bicyclic) bond motifs is 1. The molecule has 1 aliphatic heterocycles. The van der Waals surface area contributed by atoms with Crippen LogP contribution in [0.15, 0.2) is 84.6 Å². The molecule has 192 valence electrons. The fraction of sp³-hybridized carbons (Fsp3) is 0.161. The average Bonchev–Trinajstić information content (AvgIpc) is 3.15. The van der Waals surface area contributed by atoms with Crippen LogP contribution in [0.2, 0.25) is 5.02 Å². The lowest BCUT2D eigenvalue weighted by molar-refractivity contribution is -0.123. The number of hydrogen-bond donors (Lipinski definition) is 1. The van der Waals surface area contributed by atoms with E-state index in [1.807, 2.05) is 62.4 Å². The molecule has 1 heterocycles. The maximum atomic E-state index is 13.0. The van der Waals surface area contributed by atoms with Crippen LogP contribution in [0.5, 0.6) is 11.5 Å². The van der Waals surface area contributed by atoms with Gasteiger partial charge in [0, 0.05) is 0 Å². The summed E-state index contributed by atoms with van der Waals surface area (Å²) in [4.78, 5) is 26.8. The number of carbonyl (C=O) groups excluding carboxylic acids is 2. The third-order valence-corrected chi connectivity index (χ3v) is 6.56. The molecule has 4 aromatic carbocycles. The normalized spacial score (nSPS) is 14.3. The molecule has 0 bridgehead atoms. The van der Waals surface area contributed by atoms with E-state index < -0.39 is 11.9 Å². The van der Waals surface area contributed by atoms with Crippen LogP contribution < -0.4 is 14.8 Å². The highest BCUT2D eigenvalue weighted by molar-refractivity contribution is 6.32. The Labute approximate surface area is 226 Å². The Balaban J connectivity index is 1.38. The van der Waals surface area contributed by atoms with E-state index in [2.05, 4.69) is 23.5 Å². The third kappa shape index (κ3) is 5.36. The summed E-state index contributed by atoms with van der Waals surface area (Å²) >= 11 is 6.64. The second-order valence-electron chi connectivity index (χ2n) is 9.06. The second-order valence-corrected chi connectivity index (χ2v) is 9.47. The Hall–Kier alpha value is -4.29. The number of ether oxygens (including phenoxy) is 2. The zero-order valence-electron chi connectivity index (χ0n) is 21.2. The fourth-order valence-corrected chi connectivity index (χ4v) is 4.79. The minimum atomic E-state index is -0.464. The summed E-state index contributed by atoms with van der Waals surface area (Å²) in [6.45, 7) is 4.74. The molecule has 0 spiro atoms. The maximum Gasteiger partial charge on any atom is 0.329 e. The molecule has 1 N–H and O–H groups in total. The van der Waals surface area contributed by atoms with Crippen molar-refractivity contribution >= 4 is 40.4 Å². The molecule has 5 rings (SSSR count). The van der Waals surface area contributed by atoms with Gasteiger partial charge in [0.05, 0.1) is 18.2 Å². The lowest BCUT2D eigenvalue weighted by atomic mass is 10.1. The molecular weight excluding hydrogens is 500 g/mol. The van der Waals surface area contributed by atoms with E-state index >= 15 is 0 Å². The van der Waals surface area contributed by atoms with Gasteiger partial charge in [-0.05, 0) is 59.5 Å². The molecule has 4 aromatic rings. The predicted molar refractivity (Wildman–Crippen MR) is 149 cm³/mol. The highest BCUT2D eigenvalue weighted by Crippen LogP contribution is 2.38. The molecule has 1 fully saturated rings. The Morgan fingerprint density at radius 2 is 1.74 bits per heavy atom. The summed E-state index contributed by atoms with van der Waals surface area (Å²) < 4.78 is 12.0. The van der Waals surface area contributed by atoms with E-state index in [1.54, 1.807) is 18.2 Å². The zero-order valence-corrected chi connectivity index (χ0v) is 21.9. The van der Waals surface area contributed by atoms with E-state index in [0.29, 0.717) is 35.3 Å². The van der Waals surface area contributed by atoms with Crippen LogP contribution >= 0.6 is 11.6 Å². The minimum absolute atomic E-state index is 0.172. The van der Waals surface area contributed by atoms with E-state index in [4.69, 9.17) is 21.1 Å². The van der Waals surface area contributed by atoms with E-state index in [0.717, 1.165) is 27.5 Å². The van der Waals surface area contributed by atoms with Crippen LogP contribution in [-0.4, -0.2) is 23.4 Å². The molecule has 0 aromatic heterocycles. The van der Waals surface area contributed by atoms with Gasteiger partial charge in [0.25, 0.3) is 5.91 Å². The molecule has 0 radical (unpaired) electrons. The number of aryl methyl sites for hydroxylation is 1. The number of urea groups is 1. The molecule has 0 atom stereocenters. The lowest BCUT2D eigenvalue weighted by Crippen LogP contribution is -2.30. The molecule has 0 saturated carbocycles. The molecule has 0 aliphatic carbocycles. The Morgan fingerprint density at radius 1 is 0.947 bits per heavy atom. The number of hydrogen-bond acceptors (Lipinski definition) is 4. The predicted octanol–water partition coefficient (Wildman–Crippen LogP) is 6.87. The summed E-state index contributed by atoms with van der Waals surface area (Å²) in [5, 5.41) is 5.25. The Kier molecular flexibility index (Phi) is 7.33. The summed E-state index contributed by atoms with van der Waals surface area (Å²) in [5.74, 6) is 0.480. The van der Waals surface area contributed by atoms with Gasteiger partial charge in [-0.3, -0.25) is 9.69 Å². The molecule has 0 unspecified atom stereocenters. The third-order valence-electron chi connectivity index (χ3n) is 6.28. The molecular formula is C31H27ClN2O4. The van der Waals surface area contributed by atoms with Gasteiger partial charge in [0.1, 0.15) is 12.3 Å². The number of rotatable bonds is 8. The van der Waals surface area contributed by atoms with Gasteiger partial charge in [0.2, 0.25) is 0 Å². The maximum absolute atomic E-state index is 13.0. The number of imide groups is 1.